The van der Waals surface area contributed by atoms with Crippen molar-refractivity contribution in [1.82, 2.24) is 4.98 Å². The first-order chi connectivity index (χ1) is 8.61. The van der Waals surface area contributed by atoms with Gasteiger partial charge in [-0.2, -0.15) is 4.39 Å². The van der Waals surface area contributed by atoms with Crippen LogP contribution in [0.1, 0.15) is 5.69 Å². The van der Waals surface area contributed by atoms with Crippen LogP contribution in [0.25, 0.3) is 0 Å². The first-order valence-electron chi connectivity index (χ1n) is 5.09. The second kappa shape index (κ2) is 5.29. The van der Waals surface area contributed by atoms with Crippen LogP contribution in [0.5, 0.6) is 11.6 Å². The highest BCUT2D eigenvalue weighted by molar-refractivity contribution is 6.31. The molecule has 1 aromatic heterocycles. The van der Waals surface area contributed by atoms with Crippen molar-refractivity contribution in [2.45, 2.75) is 6.54 Å². The summed E-state index contributed by atoms with van der Waals surface area (Å²) in [5, 5.41) is 0.393. The van der Waals surface area contributed by atoms with Gasteiger partial charge in [-0.15, -0.1) is 0 Å². The minimum Gasteiger partial charge on any atom is -0.436 e. The molecule has 0 saturated carbocycles. The molecule has 0 aliphatic heterocycles. The smallest absolute Gasteiger partial charge is 0.219 e. The van der Waals surface area contributed by atoms with Gasteiger partial charge < -0.3 is 10.5 Å². The lowest BCUT2D eigenvalue weighted by Gasteiger charge is -2.08. The van der Waals surface area contributed by atoms with Crippen LogP contribution in [-0.2, 0) is 6.54 Å². The van der Waals surface area contributed by atoms with E-state index in [0.29, 0.717) is 10.7 Å². The second-order valence-corrected chi connectivity index (χ2v) is 3.84. The van der Waals surface area contributed by atoms with E-state index in [1.165, 1.54) is 24.3 Å². The molecule has 0 saturated heterocycles. The van der Waals surface area contributed by atoms with Crippen molar-refractivity contribution >= 4 is 11.6 Å². The fourth-order valence-electron chi connectivity index (χ4n) is 1.34. The van der Waals surface area contributed by atoms with Gasteiger partial charge in [0, 0.05) is 12.6 Å². The average Bonchev–Trinajstić information content (AvgIpc) is 2.37. The van der Waals surface area contributed by atoms with Crippen molar-refractivity contribution in [2.24, 2.45) is 5.73 Å². The van der Waals surface area contributed by atoms with Crippen molar-refractivity contribution in [3.8, 4) is 11.6 Å². The minimum atomic E-state index is -1.07. The van der Waals surface area contributed by atoms with Crippen LogP contribution < -0.4 is 10.5 Å². The van der Waals surface area contributed by atoms with E-state index in [0.717, 1.165) is 6.07 Å². The Morgan fingerprint density at radius 1 is 1.22 bits per heavy atom. The van der Waals surface area contributed by atoms with Crippen molar-refractivity contribution in [2.75, 3.05) is 0 Å². The lowest BCUT2D eigenvalue weighted by Crippen LogP contribution is -2.02. The Balaban J connectivity index is 2.31. The summed E-state index contributed by atoms with van der Waals surface area (Å²) < 4.78 is 31.5. The lowest BCUT2D eigenvalue weighted by atomic mass is 10.3. The van der Waals surface area contributed by atoms with E-state index < -0.39 is 11.6 Å². The molecule has 94 valence electrons. The maximum Gasteiger partial charge on any atom is 0.219 e. The SMILES string of the molecule is NCc1nc(Oc2cccc(F)c2F)ccc1Cl. The fourth-order valence-corrected chi connectivity index (χ4v) is 1.52. The second-order valence-electron chi connectivity index (χ2n) is 3.44. The Morgan fingerprint density at radius 3 is 2.72 bits per heavy atom. The number of hydrogen-bond donors (Lipinski definition) is 1. The molecule has 0 aliphatic rings. The highest BCUT2D eigenvalue weighted by Gasteiger charge is 2.11. The largest absolute Gasteiger partial charge is 0.436 e. The van der Waals surface area contributed by atoms with Crippen LogP contribution in [0.2, 0.25) is 5.02 Å². The van der Waals surface area contributed by atoms with Gasteiger partial charge >= 0.3 is 0 Å². The first-order valence-corrected chi connectivity index (χ1v) is 5.47. The van der Waals surface area contributed by atoms with Gasteiger partial charge in [0.1, 0.15) is 0 Å². The number of pyridine rings is 1. The highest BCUT2D eigenvalue weighted by atomic mass is 35.5. The zero-order valence-electron chi connectivity index (χ0n) is 9.16. The third-order valence-corrected chi connectivity index (χ3v) is 2.56. The van der Waals surface area contributed by atoms with Crippen molar-refractivity contribution < 1.29 is 13.5 Å². The summed E-state index contributed by atoms with van der Waals surface area (Å²) in [6.45, 7) is 0.127. The normalized spacial score (nSPS) is 10.4. The van der Waals surface area contributed by atoms with Crippen LogP contribution in [0.4, 0.5) is 8.78 Å². The third kappa shape index (κ3) is 2.57. The molecule has 0 atom stereocenters. The molecule has 3 nitrogen and oxygen atoms in total. The van der Waals surface area contributed by atoms with E-state index in [2.05, 4.69) is 4.98 Å². The summed E-state index contributed by atoms with van der Waals surface area (Å²) in [5.74, 6) is -2.19. The number of nitrogens with two attached hydrogens (primary N) is 1. The third-order valence-electron chi connectivity index (χ3n) is 2.22. The summed E-state index contributed by atoms with van der Waals surface area (Å²) >= 11 is 5.82. The molecule has 2 rings (SSSR count). The van der Waals surface area contributed by atoms with E-state index in [9.17, 15) is 8.78 Å². The van der Waals surface area contributed by atoms with Gasteiger partial charge in [0.25, 0.3) is 0 Å². The van der Waals surface area contributed by atoms with Gasteiger partial charge in [0.2, 0.25) is 11.7 Å². The molecule has 0 aliphatic carbocycles. The molecule has 0 fully saturated rings. The maximum atomic E-state index is 13.4. The zero-order chi connectivity index (χ0) is 13.1. The van der Waals surface area contributed by atoms with E-state index in [4.69, 9.17) is 22.1 Å². The monoisotopic (exact) mass is 270 g/mol. The molecular formula is C12H9ClF2N2O. The summed E-state index contributed by atoms with van der Waals surface area (Å²) in [6, 6.07) is 6.63. The topological polar surface area (TPSA) is 48.1 Å². The number of aromatic nitrogens is 1. The first kappa shape index (κ1) is 12.7. The number of hydrogen-bond acceptors (Lipinski definition) is 3. The standard InChI is InChI=1S/C12H9ClF2N2O/c13-7-4-5-11(17-9(7)6-16)18-10-3-1-2-8(14)12(10)15/h1-5H,6,16H2. The number of halogens is 3. The lowest BCUT2D eigenvalue weighted by molar-refractivity contribution is 0.404. The predicted octanol–water partition coefficient (Wildman–Crippen LogP) is 3.26. The molecule has 6 heteroatoms. The van der Waals surface area contributed by atoms with Crippen LogP contribution in [0, 0.1) is 11.6 Å². The zero-order valence-corrected chi connectivity index (χ0v) is 9.92. The van der Waals surface area contributed by atoms with Gasteiger partial charge in [0.15, 0.2) is 11.6 Å². The fraction of sp³-hybridized carbons (Fsp3) is 0.0833. The Hall–Kier alpha value is -1.72. The summed E-state index contributed by atoms with van der Waals surface area (Å²) in [6.07, 6.45) is 0. The molecule has 0 unspecified atom stereocenters. The van der Waals surface area contributed by atoms with Gasteiger partial charge in [-0.25, -0.2) is 9.37 Å². The van der Waals surface area contributed by atoms with Crippen LogP contribution in [-0.4, -0.2) is 4.98 Å². The minimum absolute atomic E-state index is 0.101. The summed E-state index contributed by atoms with van der Waals surface area (Å²) in [4.78, 5) is 3.99. The average molecular weight is 271 g/mol. The molecule has 18 heavy (non-hydrogen) atoms. The molecule has 0 amide bonds. The molecule has 1 heterocycles. The predicted molar refractivity (Wildman–Crippen MR) is 63.6 cm³/mol. The van der Waals surface area contributed by atoms with Gasteiger partial charge in [-0.3, -0.25) is 0 Å². The highest BCUT2D eigenvalue weighted by Crippen LogP contribution is 2.26. The molecule has 0 radical (unpaired) electrons. The van der Waals surface area contributed by atoms with E-state index in [1.54, 1.807) is 0 Å². The summed E-state index contributed by atoms with van der Waals surface area (Å²) in [7, 11) is 0. The van der Waals surface area contributed by atoms with E-state index in [-0.39, 0.29) is 18.2 Å². The molecule has 0 bridgehead atoms. The Labute approximate surface area is 107 Å². The van der Waals surface area contributed by atoms with Crippen molar-refractivity contribution in [1.29, 1.82) is 0 Å². The molecule has 1 aromatic carbocycles. The van der Waals surface area contributed by atoms with Crippen molar-refractivity contribution in [3.05, 3.63) is 52.7 Å². The van der Waals surface area contributed by atoms with Crippen molar-refractivity contribution in [3.63, 3.8) is 0 Å². The maximum absolute atomic E-state index is 13.4. The van der Waals surface area contributed by atoms with E-state index >= 15 is 0 Å². The number of ether oxygens (including phenoxy) is 1. The number of rotatable bonds is 3. The van der Waals surface area contributed by atoms with E-state index in [1.807, 2.05) is 0 Å². The Kier molecular flexibility index (Phi) is 3.74. The Morgan fingerprint density at radius 2 is 2.00 bits per heavy atom. The molecule has 2 N–H and O–H groups in total. The Bertz CT molecular complexity index is 578. The molecular weight excluding hydrogens is 262 g/mol. The van der Waals surface area contributed by atoms with Gasteiger partial charge in [-0.05, 0) is 18.2 Å². The van der Waals surface area contributed by atoms with Gasteiger partial charge in [-0.1, -0.05) is 17.7 Å². The number of benzene rings is 1. The molecule has 0 spiro atoms. The number of nitrogens with zero attached hydrogens (tertiary/aromatic N) is 1. The van der Waals surface area contributed by atoms with Crippen LogP contribution >= 0.6 is 11.6 Å². The van der Waals surface area contributed by atoms with Crippen LogP contribution in [0.15, 0.2) is 30.3 Å². The molecule has 2 aromatic rings. The quantitative estimate of drug-likeness (QED) is 0.931. The summed E-state index contributed by atoms with van der Waals surface area (Å²) in [5.41, 5.74) is 5.85. The van der Waals surface area contributed by atoms with Gasteiger partial charge in [0.05, 0.1) is 10.7 Å². The van der Waals surface area contributed by atoms with Crippen LogP contribution in [0.3, 0.4) is 0 Å².